The Morgan fingerprint density at radius 1 is 1.26 bits per heavy atom. The maximum atomic E-state index is 11.1. The minimum absolute atomic E-state index is 0.230. The number of likely N-dealkylation sites (N-methyl/N-ethyl adjacent to an activating group) is 2. The van der Waals surface area contributed by atoms with E-state index in [1.165, 1.54) is 31.4 Å². The van der Waals surface area contributed by atoms with E-state index < -0.39 is 0 Å². The average molecular weight is 319 g/mol. The van der Waals surface area contributed by atoms with Crippen LogP contribution in [0.3, 0.4) is 0 Å². The molecule has 130 valence electrons. The van der Waals surface area contributed by atoms with Gasteiger partial charge in [-0.15, -0.1) is 0 Å². The van der Waals surface area contributed by atoms with Crippen LogP contribution in [0.2, 0.25) is 0 Å². The normalized spacial score (nSPS) is 48.3. The third-order valence-electron chi connectivity index (χ3n) is 7.58. The highest BCUT2D eigenvalue weighted by atomic mass is 16.3. The number of rotatable bonds is 6. The van der Waals surface area contributed by atoms with Gasteiger partial charge in [0.2, 0.25) is 0 Å². The van der Waals surface area contributed by atoms with Gasteiger partial charge in [-0.25, -0.2) is 0 Å². The molecular formula is C20H34N2O. The zero-order valence-electron chi connectivity index (χ0n) is 15.1. The van der Waals surface area contributed by atoms with Crippen LogP contribution in [0.1, 0.15) is 51.9 Å². The molecule has 5 saturated carbocycles. The first kappa shape index (κ1) is 16.0. The van der Waals surface area contributed by atoms with Crippen molar-refractivity contribution in [3.63, 3.8) is 0 Å². The van der Waals surface area contributed by atoms with Crippen molar-refractivity contribution in [2.24, 2.45) is 29.1 Å². The number of nitrogens with zero attached hydrogens (tertiary/aromatic N) is 1. The third-order valence-corrected chi connectivity index (χ3v) is 7.58. The first-order valence-electron chi connectivity index (χ1n) is 9.64. The van der Waals surface area contributed by atoms with E-state index >= 15 is 0 Å². The van der Waals surface area contributed by atoms with Crippen molar-refractivity contribution < 1.29 is 5.11 Å². The van der Waals surface area contributed by atoms with Crippen LogP contribution < -0.4 is 5.32 Å². The topological polar surface area (TPSA) is 35.5 Å². The fourth-order valence-electron chi connectivity index (χ4n) is 6.79. The Morgan fingerprint density at radius 3 is 2.35 bits per heavy atom. The van der Waals surface area contributed by atoms with Gasteiger partial charge in [-0.05, 0) is 81.1 Å². The number of hydrogen-bond acceptors (Lipinski definition) is 3. The minimum Gasteiger partial charge on any atom is -0.390 e. The van der Waals surface area contributed by atoms with Crippen molar-refractivity contribution in [3.05, 3.63) is 12.3 Å². The Hall–Kier alpha value is -0.540. The first-order chi connectivity index (χ1) is 10.8. The smallest absolute Gasteiger partial charge is 0.0659 e. The predicted molar refractivity (Wildman–Crippen MR) is 94.0 cm³/mol. The van der Waals surface area contributed by atoms with Crippen LogP contribution in [0.15, 0.2) is 12.3 Å². The van der Waals surface area contributed by atoms with Crippen LogP contribution in [0, 0.1) is 29.1 Å². The summed E-state index contributed by atoms with van der Waals surface area (Å²) < 4.78 is 0. The summed E-state index contributed by atoms with van der Waals surface area (Å²) in [6.07, 6.45) is 8.35. The molecule has 3 nitrogen and oxygen atoms in total. The fraction of sp³-hybridized carbons (Fsp3) is 0.900. The molecule has 2 N–H and O–H groups in total. The summed E-state index contributed by atoms with van der Waals surface area (Å²) in [6, 6.07) is 0.319. The van der Waals surface area contributed by atoms with Gasteiger partial charge in [-0.1, -0.05) is 13.5 Å². The van der Waals surface area contributed by atoms with E-state index in [4.69, 9.17) is 0 Å². The summed E-state index contributed by atoms with van der Waals surface area (Å²) in [6.45, 7) is 7.99. The minimum atomic E-state index is -0.386. The molecule has 0 radical (unpaired) electrons. The lowest BCUT2D eigenvalue weighted by molar-refractivity contribution is -0.171. The van der Waals surface area contributed by atoms with Crippen molar-refractivity contribution in [2.45, 2.75) is 63.5 Å². The lowest BCUT2D eigenvalue weighted by Gasteiger charge is -2.63. The number of aliphatic hydroxyl groups is 1. The van der Waals surface area contributed by atoms with Gasteiger partial charge in [-0.2, -0.15) is 0 Å². The molecule has 5 fully saturated rings. The molecule has 5 rings (SSSR count). The van der Waals surface area contributed by atoms with E-state index in [2.05, 4.69) is 37.8 Å². The lowest BCUT2D eigenvalue weighted by atomic mass is 9.46. The summed E-state index contributed by atoms with van der Waals surface area (Å²) in [5, 5.41) is 14.7. The largest absolute Gasteiger partial charge is 0.390 e. The maximum absolute atomic E-state index is 11.1. The molecule has 5 aliphatic rings. The van der Waals surface area contributed by atoms with Gasteiger partial charge in [0.05, 0.1) is 11.6 Å². The van der Waals surface area contributed by atoms with E-state index in [1.54, 1.807) is 0 Å². The van der Waals surface area contributed by atoms with Gasteiger partial charge in [-0.3, -0.25) is 0 Å². The number of hydrogen-bond donors (Lipinski definition) is 2. The van der Waals surface area contributed by atoms with Gasteiger partial charge in [0.25, 0.3) is 0 Å². The fourth-order valence-corrected chi connectivity index (χ4v) is 6.79. The Labute approximate surface area is 141 Å². The Balaban J connectivity index is 1.53. The molecule has 0 aromatic heterocycles. The van der Waals surface area contributed by atoms with Gasteiger partial charge < -0.3 is 15.3 Å². The monoisotopic (exact) mass is 318 g/mol. The predicted octanol–water partition coefficient (Wildman–Crippen LogP) is 3.01. The molecule has 0 aromatic carbocycles. The van der Waals surface area contributed by atoms with E-state index in [-0.39, 0.29) is 11.0 Å². The van der Waals surface area contributed by atoms with Gasteiger partial charge in [0, 0.05) is 19.3 Å². The molecule has 5 unspecified atom stereocenters. The summed E-state index contributed by atoms with van der Waals surface area (Å²) in [5.74, 6) is 3.21. The van der Waals surface area contributed by atoms with Crippen LogP contribution in [-0.4, -0.2) is 42.3 Å². The third kappa shape index (κ3) is 2.64. The van der Waals surface area contributed by atoms with E-state index in [0.29, 0.717) is 6.04 Å². The SMILES string of the molecule is C=C(C(NC)C12CC3CC(CC(O)(C3)C1)C2)N(C)CC1CC1C. The molecule has 0 heterocycles. The zero-order chi connectivity index (χ0) is 16.4. The highest BCUT2D eigenvalue weighted by Gasteiger charge is 2.60. The molecule has 5 aliphatic carbocycles. The van der Waals surface area contributed by atoms with Crippen LogP contribution >= 0.6 is 0 Å². The van der Waals surface area contributed by atoms with Crippen LogP contribution in [0.25, 0.3) is 0 Å². The van der Waals surface area contributed by atoms with Gasteiger partial charge in [0.15, 0.2) is 0 Å². The quantitative estimate of drug-likeness (QED) is 0.790. The average Bonchev–Trinajstić information content (AvgIpc) is 3.11. The standard InChI is InChI=1S/C20H34N2O/c1-13-5-17(13)11-22(4)14(2)18(21-3)19-7-15-6-16(8-19)10-20(23,9-15)12-19/h13,15-18,21,23H,2,5-12H2,1,3-4H3. The molecule has 4 bridgehead atoms. The van der Waals surface area contributed by atoms with Gasteiger partial charge in [0.1, 0.15) is 0 Å². The van der Waals surface area contributed by atoms with Crippen LogP contribution in [-0.2, 0) is 0 Å². The zero-order valence-corrected chi connectivity index (χ0v) is 15.1. The van der Waals surface area contributed by atoms with Gasteiger partial charge >= 0.3 is 0 Å². The second kappa shape index (κ2) is 5.23. The highest BCUT2D eigenvalue weighted by Crippen LogP contribution is 2.63. The van der Waals surface area contributed by atoms with Crippen molar-refractivity contribution in [1.29, 1.82) is 0 Å². The highest BCUT2D eigenvalue weighted by molar-refractivity contribution is 5.19. The summed E-state index contributed by atoms with van der Waals surface area (Å²) >= 11 is 0. The van der Waals surface area contributed by atoms with Crippen molar-refractivity contribution in [2.75, 3.05) is 20.6 Å². The van der Waals surface area contributed by atoms with Crippen LogP contribution in [0.5, 0.6) is 0 Å². The van der Waals surface area contributed by atoms with E-state index in [0.717, 1.165) is 49.5 Å². The molecule has 0 amide bonds. The maximum Gasteiger partial charge on any atom is 0.0659 e. The Kier molecular flexibility index (Phi) is 3.63. The second-order valence-corrected chi connectivity index (χ2v) is 9.61. The molecule has 0 aromatic rings. The molecule has 5 atom stereocenters. The summed E-state index contributed by atoms with van der Waals surface area (Å²) in [4.78, 5) is 2.40. The second-order valence-electron chi connectivity index (χ2n) is 9.61. The van der Waals surface area contributed by atoms with E-state index in [9.17, 15) is 5.11 Å². The lowest BCUT2D eigenvalue weighted by Crippen LogP contribution is -2.62. The molecule has 23 heavy (non-hydrogen) atoms. The van der Waals surface area contributed by atoms with E-state index in [1.807, 2.05) is 0 Å². The molecule has 0 saturated heterocycles. The summed E-state index contributed by atoms with van der Waals surface area (Å²) in [7, 11) is 4.30. The first-order valence-corrected chi connectivity index (χ1v) is 9.64. The number of nitrogens with one attached hydrogen (secondary N) is 1. The molecular weight excluding hydrogens is 284 g/mol. The van der Waals surface area contributed by atoms with Crippen molar-refractivity contribution in [3.8, 4) is 0 Å². The molecule has 3 heteroatoms. The molecule has 0 spiro atoms. The van der Waals surface area contributed by atoms with Crippen LogP contribution in [0.4, 0.5) is 0 Å². The van der Waals surface area contributed by atoms with Crippen molar-refractivity contribution >= 4 is 0 Å². The summed E-state index contributed by atoms with van der Waals surface area (Å²) in [5.41, 5.74) is 1.09. The Bertz CT molecular complexity index is 488. The Morgan fingerprint density at radius 2 is 1.87 bits per heavy atom. The van der Waals surface area contributed by atoms with Crippen molar-refractivity contribution in [1.82, 2.24) is 10.2 Å². The molecule has 0 aliphatic heterocycles.